The van der Waals surface area contributed by atoms with Crippen molar-refractivity contribution >= 4 is 5.91 Å². The van der Waals surface area contributed by atoms with Gasteiger partial charge in [0.15, 0.2) is 0 Å². The average molecular weight is 186 g/mol. The quantitative estimate of drug-likeness (QED) is 0.559. The normalized spacial score (nSPS) is 21.3. The summed E-state index contributed by atoms with van der Waals surface area (Å²) in [7, 11) is 0. The number of rotatable bonds is 4. The molecular weight excluding hydrogens is 168 g/mol. The second kappa shape index (κ2) is 3.64. The number of aliphatic hydroxyl groups excluding tert-OH is 1. The molecule has 0 aromatic rings. The topological polar surface area (TPSA) is 75.4 Å². The zero-order chi connectivity index (χ0) is 10.1. The summed E-state index contributed by atoms with van der Waals surface area (Å²) in [5, 5.41) is 11.8. The van der Waals surface area contributed by atoms with Crippen LogP contribution in [0, 0.1) is 5.92 Å². The standard InChI is InChI=1S/C9H18N2O2/c1-6(2)7(10)8(13)11-9(5-12)3-4-9/h6-7,12H,3-5,10H2,1-2H3,(H,11,13). The number of carbonyl (C=O) groups excluding carboxylic acids is 1. The fourth-order valence-electron chi connectivity index (χ4n) is 1.12. The lowest BCUT2D eigenvalue weighted by atomic mass is 10.0. The van der Waals surface area contributed by atoms with Crippen molar-refractivity contribution in [1.29, 1.82) is 0 Å². The van der Waals surface area contributed by atoms with Gasteiger partial charge in [-0.3, -0.25) is 4.79 Å². The van der Waals surface area contributed by atoms with Gasteiger partial charge in [-0.1, -0.05) is 13.8 Å². The van der Waals surface area contributed by atoms with Crippen molar-refractivity contribution in [3.63, 3.8) is 0 Å². The molecule has 1 fully saturated rings. The van der Waals surface area contributed by atoms with E-state index in [1.165, 1.54) is 0 Å². The fraction of sp³-hybridized carbons (Fsp3) is 0.889. The number of nitrogens with one attached hydrogen (secondary N) is 1. The minimum atomic E-state index is -0.468. The molecule has 1 unspecified atom stereocenters. The highest BCUT2D eigenvalue weighted by molar-refractivity contribution is 5.82. The van der Waals surface area contributed by atoms with E-state index in [0.717, 1.165) is 12.8 Å². The van der Waals surface area contributed by atoms with Gasteiger partial charge in [0.25, 0.3) is 0 Å². The molecule has 4 heteroatoms. The molecule has 0 aromatic carbocycles. The molecule has 1 amide bonds. The smallest absolute Gasteiger partial charge is 0.237 e. The third-order valence-electron chi connectivity index (χ3n) is 2.57. The first kappa shape index (κ1) is 10.5. The van der Waals surface area contributed by atoms with Crippen molar-refractivity contribution in [2.24, 2.45) is 11.7 Å². The monoisotopic (exact) mass is 186 g/mol. The number of carbonyl (C=O) groups is 1. The molecule has 1 aliphatic carbocycles. The molecule has 0 spiro atoms. The first-order valence-corrected chi connectivity index (χ1v) is 4.69. The van der Waals surface area contributed by atoms with E-state index in [9.17, 15) is 4.79 Å². The molecule has 0 aromatic heterocycles. The Kier molecular flexibility index (Phi) is 2.93. The summed E-state index contributed by atoms with van der Waals surface area (Å²) in [6.45, 7) is 3.83. The minimum absolute atomic E-state index is 0.0174. The van der Waals surface area contributed by atoms with Gasteiger partial charge in [0.2, 0.25) is 5.91 Å². The van der Waals surface area contributed by atoms with Crippen molar-refractivity contribution in [2.75, 3.05) is 6.61 Å². The zero-order valence-electron chi connectivity index (χ0n) is 8.21. The highest BCUT2D eigenvalue weighted by Crippen LogP contribution is 2.34. The van der Waals surface area contributed by atoms with Crippen LogP contribution in [0.2, 0.25) is 0 Å². The molecule has 1 saturated carbocycles. The van der Waals surface area contributed by atoms with Gasteiger partial charge < -0.3 is 16.2 Å². The minimum Gasteiger partial charge on any atom is -0.394 e. The molecule has 1 aliphatic rings. The first-order valence-electron chi connectivity index (χ1n) is 4.69. The van der Waals surface area contributed by atoms with Crippen LogP contribution >= 0.6 is 0 Å². The molecule has 0 bridgehead atoms. The maximum Gasteiger partial charge on any atom is 0.237 e. The third-order valence-corrected chi connectivity index (χ3v) is 2.57. The van der Waals surface area contributed by atoms with E-state index in [2.05, 4.69) is 5.32 Å². The van der Waals surface area contributed by atoms with Crippen molar-refractivity contribution in [3.05, 3.63) is 0 Å². The van der Waals surface area contributed by atoms with Crippen LogP contribution in [-0.4, -0.2) is 29.2 Å². The number of amides is 1. The fourth-order valence-corrected chi connectivity index (χ4v) is 1.12. The van der Waals surface area contributed by atoms with E-state index in [0.29, 0.717) is 0 Å². The van der Waals surface area contributed by atoms with Crippen LogP contribution in [0.5, 0.6) is 0 Å². The van der Waals surface area contributed by atoms with Crippen LogP contribution in [0.15, 0.2) is 0 Å². The summed E-state index contributed by atoms with van der Waals surface area (Å²) in [6.07, 6.45) is 1.72. The van der Waals surface area contributed by atoms with Crippen LogP contribution < -0.4 is 11.1 Å². The molecule has 1 atom stereocenters. The predicted molar refractivity (Wildman–Crippen MR) is 50.0 cm³/mol. The van der Waals surface area contributed by atoms with E-state index >= 15 is 0 Å². The number of nitrogens with two attached hydrogens (primary N) is 1. The highest BCUT2D eigenvalue weighted by Gasteiger charge is 2.44. The van der Waals surface area contributed by atoms with Crippen LogP contribution in [0.25, 0.3) is 0 Å². The van der Waals surface area contributed by atoms with Crippen molar-refractivity contribution < 1.29 is 9.90 Å². The van der Waals surface area contributed by atoms with Crippen LogP contribution in [0.1, 0.15) is 26.7 Å². The Bertz CT molecular complexity index is 200. The number of aliphatic hydroxyl groups is 1. The van der Waals surface area contributed by atoms with Gasteiger partial charge in [0.05, 0.1) is 18.2 Å². The Balaban J connectivity index is 2.41. The molecule has 0 aliphatic heterocycles. The third kappa shape index (κ3) is 2.42. The molecule has 0 saturated heterocycles. The lowest BCUT2D eigenvalue weighted by Gasteiger charge is -2.20. The van der Waals surface area contributed by atoms with Gasteiger partial charge in [0, 0.05) is 0 Å². The molecule has 4 nitrogen and oxygen atoms in total. The van der Waals surface area contributed by atoms with E-state index in [1.807, 2.05) is 13.8 Å². The predicted octanol–water partition coefficient (Wildman–Crippen LogP) is -0.389. The maximum absolute atomic E-state index is 11.5. The number of hydrogen-bond acceptors (Lipinski definition) is 3. The summed E-state index contributed by atoms with van der Waals surface area (Å²) in [4.78, 5) is 11.5. The molecule has 0 radical (unpaired) electrons. The molecule has 4 N–H and O–H groups in total. The summed E-state index contributed by atoms with van der Waals surface area (Å²) in [5.74, 6) is -0.0176. The van der Waals surface area contributed by atoms with Gasteiger partial charge in [0.1, 0.15) is 0 Å². The Morgan fingerprint density at radius 1 is 1.62 bits per heavy atom. The first-order chi connectivity index (χ1) is 6.01. The summed E-state index contributed by atoms with van der Waals surface area (Å²) in [5.41, 5.74) is 5.31. The van der Waals surface area contributed by atoms with Gasteiger partial charge >= 0.3 is 0 Å². The van der Waals surface area contributed by atoms with Gasteiger partial charge in [-0.05, 0) is 18.8 Å². The van der Waals surface area contributed by atoms with Crippen molar-refractivity contribution in [2.45, 2.75) is 38.3 Å². The highest BCUT2D eigenvalue weighted by atomic mass is 16.3. The van der Waals surface area contributed by atoms with Gasteiger partial charge in [-0.2, -0.15) is 0 Å². The van der Waals surface area contributed by atoms with Crippen molar-refractivity contribution in [3.8, 4) is 0 Å². The Labute approximate surface area is 78.5 Å². The van der Waals surface area contributed by atoms with E-state index in [4.69, 9.17) is 10.8 Å². The van der Waals surface area contributed by atoms with E-state index in [-0.39, 0.29) is 24.0 Å². The Hall–Kier alpha value is -0.610. The zero-order valence-corrected chi connectivity index (χ0v) is 8.21. The second-order valence-electron chi connectivity index (χ2n) is 4.20. The summed E-state index contributed by atoms with van der Waals surface area (Å²) >= 11 is 0. The Morgan fingerprint density at radius 3 is 2.46 bits per heavy atom. The largest absolute Gasteiger partial charge is 0.394 e. The SMILES string of the molecule is CC(C)C(N)C(=O)NC1(CO)CC1. The Morgan fingerprint density at radius 2 is 2.15 bits per heavy atom. The van der Waals surface area contributed by atoms with Gasteiger partial charge in [-0.25, -0.2) is 0 Å². The average Bonchev–Trinajstić information content (AvgIpc) is 2.84. The second-order valence-corrected chi connectivity index (χ2v) is 4.20. The van der Waals surface area contributed by atoms with Crippen LogP contribution in [0.3, 0.4) is 0 Å². The van der Waals surface area contributed by atoms with Crippen LogP contribution in [0.4, 0.5) is 0 Å². The maximum atomic E-state index is 11.5. The molecule has 1 rings (SSSR count). The molecule has 0 heterocycles. The summed E-state index contributed by atoms with van der Waals surface area (Å²) in [6, 6.07) is -0.468. The molecular formula is C9H18N2O2. The molecule has 13 heavy (non-hydrogen) atoms. The molecule has 76 valence electrons. The lowest BCUT2D eigenvalue weighted by Crippen LogP contribution is -2.50. The summed E-state index contributed by atoms with van der Waals surface area (Å²) < 4.78 is 0. The van der Waals surface area contributed by atoms with Crippen LogP contribution in [-0.2, 0) is 4.79 Å². The van der Waals surface area contributed by atoms with E-state index < -0.39 is 6.04 Å². The lowest BCUT2D eigenvalue weighted by molar-refractivity contribution is -0.124. The van der Waals surface area contributed by atoms with E-state index in [1.54, 1.807) is 0 Å². The van der Waals surface area contributed by atoms with Gasteiger partial charge in [-0.15, -0.1) is 0 Å². The van der Waals surface area contributed by atoms with Crippen molar-refractivity contribution in [1.82, 2.24) is 5.32 Å². The number of hydrogen-bond donors (Lipinski definition) is 3.